The SMILES string of the molecule is COc1cc(-c2csc(NC(=O)c3ccccc3C)n2)cc(C)c1C. The van der Waals surface area contributed by atoms with Gasteiger partial charge in [-0.2, -0.15) is 0 Å². The van der Waals surface area contributed by atoms with Gasteiger partial charge in [0.25, 0.3) is 5.91 Å². The van der Waals surface area contributed by atoms with Gasteiger partial charge in [-0.1, -0.05) is 18.2 Å². The molecule has 3 rings (SSSR count). The van der Waals surface area contributed by atoms with Crippen LogP contribution in [0.4, 0.5) is 5.13 Å². The van der Waals surface area contributed by atoms with Crippen LogP contribution in [0.15, 0.2) is 41.8 Å². The Kier molecular flexibility index (Phi) is 4.86. The minimum absolute atomic E-state index is 0.142. The van der Waals surface area contributed by atoms with E-state index in [0.717, 1.165) is 33.7 Å². The van der Waals surface area contributed by atoms with Crippen molar-refractivity contribution in [2.24, 2.45) is 0 Å². The van der Waals surface area contributed by atoms with Crippen LogP contribution in [-0.2, 0) is 0 Å². The number of methoxy groups -OCH3 is 1. The number of aromatic nitrogens is 1. The van der Waals surface area contributed by atoms with E-state index in [0.29, 0.717) is 10.7 Å². The molecule has 25 heavy (non-hydrogen) atoms. The molecule has 0 aliphatic carbocycles. The fraction of sp³-hybridized carbons (Fsp3) is 0.200. The topological polar surface area (TPSA) is 51.2 Å². The number of benzene rings is 2. The summed E-state index contributed by atoms with van der Waals surface area (Å²) in [5, 5.41) is 5.41. The maximum absolute atomic E-state index is 12.4. The third-order valence-corrected chi connectivity index (χ3v) is 5.01. The second kappa shape index (κ2) is 7.07. The summed E-state index contributed by atoms with van der Waals surface area (Å²) in [6.45, 7) is 6.00. The zero-order valence-corrected chi connectivity index (χ0v) is 15.5. The zero-order valence-electron chi connectivity index (χ0n) is 14.7. The van der Waals surface area contributed by atoms with Crippen LogP contribution in [0.3, 0.4) is 0 Å². The van der Waals surface area contributed by atoms with Crippen LogP contribution < -0.4 is 10.1 Å². The van der Waals surface area contributed by atoms with Gasteiger partial charge in [-0.25, -0.2) is 4.98 Å². The summed E-state index contributed by atoms with van der Waals surface area (Å²) in [5.41, 5.74) is 5.67. The fourth-order valence-electron chi connectivity index (χ4n) is 2.64. The molecule has 1 aromatic heterocycles. The number of ether oxygens (including phenoxy) is 1. The molecule has 5 heteroatoms. The van der Waals surface area contributed by atoms with Gasteiger partial charge >= 0.3 is 0 Å². The van der Waals surface area contributed by atoms with Crippen molar-refractivity contribution in [1.82, 2.24) is 4.98 Å². The molecule has 2 aromatic carbocycles. The molecule has 0 atom stereocenters. The van der Waals surface area contributed by atoms with Crippen molar-refractivity contribution in [2.45, 2.75) is 20.8 Å². The quantitative estimate of drug-likeness (QED) is 0.719. The van der Waals surface area contributed by atoms with Crippen molar-refractivity contribution in [2.75, 3.05) is 12.4 Å². The summed E-state index contributed by atoms with van der Waals surface area (Å²) in [7, 11) is 1.67. The minimum Gasteiger partial charge on any atom is -0.496 e. The van der Waals surface area contributed by atoms with E-state index in [-0.39, 0.29) is 5.91 Å². The Balaban J connectivity index is 1.85. The van der Waals surface area contributed by atoms with Crippen molar-refractivity contribution in [3.05, 3.63) is 64.0 Å². The average molecular weight is 352 g/mol. The first-order chi connectivity index (χ1) is 12.0. The molecule has 0 aliphatic rings. The normalized spacial score (nSPS) is 10.6. The second-order valence-electron chi connectivity index (χ2n) is 5.93. The minimum atomic E-state index is -0.142. The Morgan fingerprint density at radius 3 is 2.60 bits per heavy atom. The van der Waals surface area contributed by atoms with Crippen LogP contribution in [0.1, 0.15) is 27.0 Å². The van der Waals surface area contributed by atoms with E-state index in [4.69, 9.17) is 4.74 Å². The maximum atomic E-state index is 12.4. The van der Waals surface area contributed by atoms with E-state index in [1.807, 2.05) is 49.6 Å². The van der Waals surface area contributed by atoms with Gasteiger partial charge in [0.1, 0.15) is 5.75 Å². The molecular weight excluding hydrogens is 332 g/mol. The molecule has 0 radical (unpaired) electrons. The van der Waals surface area contributed by atoms with E-state index in [2.05, 4.69) is 23.3 Å². The van der Waals surface area contributed by atoms with Crippen molar-refractivity contribution >= 4 is 22.4 Å². The van der Waals surface area contributed by atoms with Gasteiger partial charge in [0.05, 0.1) is 12.8 Å². The first-order valence-electron chi connectivity index (χ1n) is 7.97. The van der Waals surface area contributed by atoms with Gasteiger partial charge < -0.3 is 4.74 Å². The third kappa shape index (κ3) is 3.56. The van der Waals surface area contributed by atoms with Crippen LogP contribution in [0.5, 0.6) is 5.75 Å². The standard InChI is InChI=1S/C20H20N2O2S/c1-12-7-5-6-8-16(12)19(23)22-20-21-17(11-25-20)15-9-13(2)14(3)18(10-15)24-4/h5-11H,1-4H3,(H,21,22,23). The highest BCUT2D eigenvalue weighted by Gasteiger charge is 2.13. The zero-order chi connectivity index (χ0) is 18.0. The second-order valence-corrected chi connectivity index (χ2v) is 6.79. The number of rotatable bonds is 4. The number of amides is 1. The van der Waals surface area contributed by atoms with Gasteiger partial charge in [-0.15, -0.1) is 11.3 Å². The van der Waals surface area contributed by atoms with Crippen LogP contribution in [-0.4, -0.2) is 18.0 Å². The number of nitrogens with one attached hydrogen (secondary N) is 1. The van der Waals surface area contributed by atoms with E-state index < -0.39 is 0 Å². The highest BCUT2D eigenvalue weighted by Crippen LogP contribution is 2.31. The number of carbonyl (C=O) groups excluding carboxylic acids is 1. The lowest BCUT2D eigenvalue weighted by atomic mass is 10.0. The molecule has 1 heterocycles. The van der Waals surface area contributed by atoms with E-state index in [1.165, 1.54) is 11.3 Å². The predicted molar refractivity (Wildman–Crippen MR) is 103 cm³/mol. The van der Waals surface area contributed by atoms with Crippen LogP contribution in [0.2, 0.25) is 0 Å². The summed E-state index contributed by atoms with van der Waals surface area (Å²) in [6, 6.07) is 11.6. The molecule has 0 saturated heterocycles. The predicted octanol–water partition coefficient (Wildman–Crippen LogP) is 5.00. The van der Waals surface area contributed by atoms with Crippen molar-refractivity contribution in [3.63, 3.8) is 0 Å². The van der Waals surface area contributed by atoms with Gasteiger partial charge in [0, 0.05) is 16.5 Å². The summed E-state index contributed by atoms with van der Waals surface area (Å²) >= 11 is 1.41. The van der Waals surface area contributed by atoms with E-state index >= 15 is 0 Å². The number of hydrogen-bond acceptors (Lipinski definition) is 4. The van der Waals surface area contributed by atoms with Gasteiger partial charge in [-0.3, -0.25) is 10.1 Å². The lowest BCUT2D eigenvalue weighted by Crippen LogP contribution is -2.12. The molecular formula is C20H20N2O2S. The summed E-state index contributed by atoms with van der Waals surface area (Å²) in [4.78, 5) is 17.0. The summed E-state index contributed by atoms with van der Waals surface area (Å²) < 4.78 is 5.44. The molecule has 1 N–H and O–H groups in total. The highest BCUT2D eigenvalue weighted by molar-refractivity contribution is 7.14. The number of carbonyl (C=O) groups is 1. The monoisotopic (exact) mass is 352 g/mol. The summed E-state index contributed by atoms with van der Waals surface area (Å²) in [5.74, 6) is 0.699. The highest BCUT2D eigenvalue weighted by atomic mass is 32.1. The van der Waals surface area contributed by atoms with Gasteiger partial charge in [0.15, 0.2) is 5.13 Å². The summed E-state index contributed by atoms with van der Waals surface area (Å²) in [6.07, 6.45) is 0. The number of thiazole rings is 1. The smallest absolute Gasteiger partial charge is 0.257 e. The van der Waals surface area contributed by atoms with E-state index in [9.17, 15) is 4.79 Å². The van der Waals surface area contributed by atoms with Crippen molar-refractivity contribution in [3.8, 4) is 17.0 Å². The molecule has 0 unspecified atom stereocenters. The lowest BCUT2D eigenvalue weighted by molar-refractivity contribution is 0.102. The Morgan fingerprint density at radius 1 is 1.12 bits per heavy atom. The molecule has 4 nitrogen and oxygen atoms in total. The fourth-order valence-corrected chi connectivity index (χ4v) is 3.36. The van der Waals surface area contributed by atoms with Crippen LogP contribution in [0, 0.1) is 20.8 Å². The Morgan fingerprint density at radius 2 is 1.88 bits per heavy atom. The van der Waals surface area contributed by atoms with Crippen LogP contribution in [0.25, 0.3) is 11.3 Å². The average Bonchev–Trinajstić information content (AvgIpc) is 3.06. The number of anilines is 1. The Labute approximate surface area is 151 Å². The van der Waals surface area contributed by atoms with Gasteiger partial charge in [0.2, 0.25) is 0 Å². The van der Waals surface area contributed by atoms with E-state index in [1.54, 1.807) is 7.11 Å². The van der Waals surface area contributed by atoms with Crippen molar-refractivity contribution < 1.29 is 9.53 Å². The molecule has 0 fully saturated rings. The lowest BCUT2D eigenvalue weighted by Gasteiger charge is -2.09. The molecule has 0 spiro atoms. The molecule has 1 amide bonds. The Hall–Kier alpha value is -2.66. The molecule has 3 aromatic rings. The first-order valence-corrected chi connectivity index (χ1v) is 8.85. The molecule has 0 saturated carbocycles. The number of hydrogen-bond donors (Lipinski definition) is 1. The van der Waals surface area contributed by atoms with Crippen molar-refractivity contribution in [1.29, 1.82) is 0 Å². The maximum Gasteiger partial charge on any atom is 0.257 e. The molecule has 128 valence electrons. The largest absolute Gasteiger partial charge is 0.496 e. The number of nitrogens with zero attached hydrogens (tertiary/aromatic N) is 1. The molecule has 0 aliphatic heterocycles. The molecule has 0 bridgehead atoms. The Bertz CT molecular complexity index is 931. The number of aryl methyl sites for hydroxylation is 2. The first kappa shape index (κ1) is 17.2. The third-order valence-electron chi connectivity index (χ3n) is 4.25. The van der Waals surface area contributed by atoms with Gasteiger partial charge in [-0.05, 0) is 55.7 Å². The van der Waals surface area contributed by atoms with Crippen LogP contribution >= 0.6 is 11.3 Å².